The summed E-state index contributed by atoms with van der Waals surface area (Å²) in [7, 11) is 0. The summed E-state index contributed by atoms with van der Waals surface area (Å²) in [5.41, 5.74) is 2.29. The van der Waals surface area contributed by atoms with E-state index in [1.165, 1.54) is 36.3 Å². The van der Waals surface area contributed by atoms with E-state index in [4.69, 9.17) is 0 Å². The monoisotopic (exact) mass is 378 g/mol. The lowest BCUT2D eigenvalue weighted by atomic mass is 10.2. The van der Waals surface area contributed by atoms with Gasteiger partial charge in [0.25, 0.3) is 5.56 Å². The number of nitrogens with zero attached hydrogens (tertiary/aromatic N) is 4. The van der Waals surface area contributed by atoms with Gasteiger partial charge in [0.05, 0.1) is 6.54 Å². The van der Waals surface area contributed by atoms with Gasteiger partial charge in [0, 0.05) is 18.1 Å². The van der Waals surface area contributed by atoms with Crippen molar-refractivity contribution in [3.63, 3.8) is 0 Å². The molecule has 2 aromatic heterocycles. The zero-order valence-corrected chi connectivity index (χ0v) is 15.1. The van der Waals surface area contributed by atoms with Crippen LogP contribution in [0.25, 0.3) is 11.2 Å². The maximum absolute atomic E-state index is 13.1. The number of hydrogen-bond donors (Lipinski definition) is 0. The van der Waals surface area contributed by atoms with E-state index in [-0.39, 0.29) is 16.9 Å². The Bertz CT molecular complexity index is 1130. The van der Waals surface area contributed by atoms with E-state index in [1.54, 1.807) is 16.7 Å². The fraction of sp³-hybridized carbons (Fsp3) is 0.100. The molecule has 0 saturated carbocycles. The topological polar surface area (TPSA) is 60.7 Å². The average molecular weight is 378 g/mol. The lowest BCUT2D eigenvalue weighted by molar-refractivity contribution is 0.627. The first-order chi connectivity index (χ1) is 13.2. The van der Waals surface area contributed by atoms with Gasteiger partial charge in [-0.2, -0.15) is 0 Å². The minimum atomic E-state index is -0.274. The molecule has 0 radical (unpaired) electrons. The number of halogens is 1. The summed E-state index contributed by atoms with van der Waals surface area (Å²) in [5, 5.41) is 0.557. The quantitative estimate of drug-likeness (QED) is 0.392. The summed E-state index contributed by atoms with van der Waals surface area (Å²) in [4.78, 5) is 25.8. The van der Waals surface area contributed by atoms with Crippen molar-refractivity contribution in [3.05, 3.63) is 94.3 Å². The number of benzene rings is 2. The predicted molar refractivity (Wildman–Crippen MR) is 103 cm³/mol. The maximum Gasteiger partial charge on any atom is 0.282 e. The van der Waals surface area contributed by atoms with E-state index in [0.29, 0.717) is 23.1 Å². The normalized spacial score (nSPS) is 11.0. The average Bonchev–Trinajstić information content (AvgIpc) is 2.71. The molecule has 4 rings (SSSR count). The summed E-state index contributed by atoms with van der Waals surface area (Å²) in [6.07, 6.45) is 3.01. The van der Waals surface area contributed by atoms with Gasteiger partial charge in [-0.3, -0.25) is 9.36 Å². The van der Waals surface area contributed by atoms with Gasteiger partial charge in [0.2, 0.25) is 0 Å². The minimum Gasteiger partial charge on any atom is -0.281 e. The molecular weight excluding hydrogens is 363 g/mol. The molecule has 0 aliphatic rings. The molecule has 0 unspecified atom stereocenters. The number of thioether (sulfide) groups is 1. The molecule has 0 spiro atoms. The first-order valence-electron chi connectivity index (χ1n) is 8.33. The third-order valence-electron chi connectivity index (χ3n) is 4.02. The Morgan fingerprint density at radius 2 is 1.67 bits per heavy atom. The second-order valence-corrected chi connectivity index (χ2v) is 6.86. The van der Waals surface area contributed by atoms with Crippen LogP contribution in [-0.2, 0) is 12.3 Å². The predicted octanol–water partition coefficient (Wildman–Crippen LogP) is 3.67. The van der Waals surface area contributed by atoms with E-state index in [1.807, 2.05) is 30.3 Å². The van der Waals surface area contributed by atoms with Crippen LogP contribution in [0.4, 0.5) is 4.39 Å². The van der Waals surface area contributed by atoms with Crippen molar-refractivity contribution in [2.45, 2.75) is 17.5 Å². The molecule has 4 aromatic rings. The first-order valence-corrected chi connectivity index (χ1v) is 9.32. The van der Waals surface area contributed by atoms with Gasteiger partial charge in [-0.05, 0) is 23.3 Å². The second-order valence-electron chi connectivity index (χ2n) is 5.91. The molecule has 7 heteroatoms. The summed E-state index contributed by atoms with van der Waals surface area (Å²) in [6, 6.07) is 16.0. The van der Waals surface area contributed by atoms with Crippen LogP contribution >= 0.6 is 11.8 Å². The van der Waals surface area contributed by atoms with E-state index in [0.717, 1.165) is 11.1 Å². The highest BCUT2D eigenvalue weighted by atomic mass is 32.2. The Labute approximate surface area is 158 Å². The Morgan fingerprint density at radius 1 is 0.926 bits per heavy atom. The third kappa shape index (κ3) is 3.88. The maximum atomic E-state index is 13.1. The molecule has 0 saturated heterocycles. The highest BCUT2D eigenvalue weighted by molar-refractivity contribution is 7.98. The molecule has 5 nitrogen and oxygen atoms in total. The van der Waals surface area contributed by atoms with Crippen molar-refractivity contribution in [1.82, 2.24) is 19.5 Å². The van der Waals surface area contributed by atoms with Crippen LogP contribution in [0.5, 0.6) is 0 Å². The van der Waals surface area contributed by atoms with Crippen LogP contribution < -0.4 is 5.56 Å². The number of aromatic nitrogens is 4. The zero-order chi connectivity index (χ0) is 18.6. The van der Waals surface area contributed by atoms with Crippen molar-refractivity contribution in [2.75, 3.05) is 0 Å². The summed E-state index contributed by atoms with van der Waals surface area (Å²) in [6.45, 7) is 0.394. The minimum absolute atomic E-state index is 0.224. The van der Waals surface area contributed by atoms with Gasteiger partial charge in [-0.1, -0.05) is 54.2 Å². The van der Waals surface area contributed by atoms with Crippen LogP contribution in [0, 0.1) is 5.82 Å². The molecule has 0 amide bonds. The van der Waals surface area contributed by atoms with Crippen molar-refractivity contribution in [3.8, 4) is 0 Å². The van der Waals surface area contributed by atoms with Crippen LogP contribution in [0.15, 0.2) is 76.9 Å². The largest absolute Gasteiger partial charge is 0.282 e. The van der Waals surface area contributed by atoms with Crippen LogP contribution in [-0.4, -0.2) is 19.5 Å². The van der Waals surface area contributed by atoms with Crippen LogP contribution in [0.1, 0.15) is 11.1 Å². The molecule has 134 valence electrons. The standard InChI is InChI=1S/C20H15FN4OS/c21-16-8-6-15(7-9-16)13-27-20-24-18-17(22-10-11-23-18)19(26)25(20)12-14-4-2-1-3-5-14/h1-11H,12-13H2. The molecule has 0 atom stereocenters. The Hall–Kier alpha value is -3.06. The van der Waals surface area contributed by atoms with Gasteiger partial charge in [-0.25, -0.2) is 19.3 Å². The van der Waals surface area contributed by atoms with E-state index in [9.17, 15) is 9.18 Å². The lowest BCUT2D eigenvalue weighted by Gasteiger charge is -2.12. The fourth-order valence-electron chi connectivity index (χ4n) is 2.67. The summed E-state index contributed by atoms with van der Waals surface area (Å²) in [5.74, 6) is 0.289. The van der Waals surface area contributed by atoms with Crippen molar-refractivity contribution in [1.29, 1.82) is 0 Å². The molecule has 27 heavy (non-hydrogen) atoms. The smallest absolute Gasteiger partial charge is 0.281 e. The van der Waals surface area contributed by atoms with Crippen LogP contribution in [0.3, 0.4) is 0 Å². The van der Waals surface area contributed by atoms with E-state index in [2.05, 4.69) is 15.0 Å². The zero-order valence-electron chi connectivity index (χ0n) is 14.2. The highest BCUT2D eigenvalue weighted by Gasteiger charge is 2.14. The SMILES string of the molecule is O=c1c2nccnc2nc(SCc2ccc(F)cc2)n1Cc1ccccc1. The Balaban J connectivity index is 1.73. The highest BCUT2D eigenvalue weighted by Crippen LogP contribution is 2.22. The molecule has 2 aromatic carbocycles. The van der Waals surface area contributed by atoms with Crippen molar-refractivity contribution >= 4 is 22.9 Å². The molecule has 0 N–H and O–H groups in total. The third-order valence-corrected chi connectivity index (χ3v) is 5.07. The van der Waals surface area contributed by atoms with Gasteiger partial charge in [0.15, 0.2) is 16.3 Å². The van der Waals surface area contributed by atoms with Gasteiger partial charge >= 0.3 is 0 Å². The van der Waals surface area contributed by atoms with Gasteiger partial charge in [-0.15, -0.1) is 0 Å². The molecule has 0 bridgehead atoms. The number of rotatable bonds is 5. The number of fused-ring (bicyclic) bond motifs is 1. The molecular formula is C20H15FN4OS. The van der Waals surface area contributed by atoms with Crippen molar-refractivity contribution < 1.29 is 4.39 Å². The summed E-state index contributed by atoms with van der Waals surface area (Å²) < 4.78 is 14.7. The van der Waals surface area contributed by atoms with E-state index < -0.39 is 0 Å². The Morgan fingerprint density at radius 3 is 2.44 bits per heavy atom. The van der Waals surface area contributed by atoms with Crippen LogP contribution in [0.2, 0.25) is 0 Å². The fourth-order valence-corrected chi connectivity index (χ4v) is 3.62. The van der Waals surface area contributed by atoms with Crippen molar-refractivity contribution in [2.24, 2.45) is 0 Å². The van der Waals surface area contributed by atoms with Gasteiger partial charge < -0.3 is 0 Å². The second kappa shape index (κ2) is 7.67. The molecule has 0 fully saturated rings. The molecule has 0 aliphatic heterocycles. The molecule has 2 heterocycles. The summed E-state index contributed by atoms with van der Waals surface area (Å²) >= 11 is 1.42. The van der Waals surface area contributed by atoms with Gasteiger partial charge in [0.1, 0.15) is 5.82 Å². The first kappa shape index (κ1) is 17.4. The Kier molecular flexibility index (Phi) is 4.93. The molecule has 0 aliphatic carbocycles. The lowest BCUT2D eigenvalue weighted by Crippen LogP contribution is -2.25. The van der Waals surface area contributed by atoms with E-state index >= 15 is 0 Å². The number of hydrogen-bond acceptors (Lipinski definition) is 5.